The summed E-state index contributed by atoms with van der Waals surface area (Å²) in [6.45, 7) is 5.84. The smallest absolute Gasteiger partial charge is 0.135 e. The second kappa shape index (κ2) is 4.62. The maximum absolute atomic E-state index is 11.4. The Hall–Kier alpha value is -0.410. The molecule has 0 N–H and O–H groups in total. The Morgan fingerprint density at radius 1 is 1.40 bits per heavy atom. The maximum atomic E-state index is 11.4. The molecule has 15 heavy (non-hydrogen) atoms. The van der Waals surface area contributed by atoms with Crippen molar-refractivity contribution in [2.45, 2.75) is 45.3 Å². The molecule has 2 rings (SSSR count). The topological polar surface area (TPSA) is 35.5 Å². The normalized spacial score (nSPS) is 33.1. The maximum Gasteiger partial charge on any atom is 0.135 e. The van der Waals surface area contributed by atoms with Crippen molar-refractivity contribution in [3.05, 3.63) is 0 Å². The van der Waals surface area contributed by atoms with Gasteiger partial charge in [0, 0.05) is 12.8 Å². The van der Waals surface area contributed by atoms with Crippen LogP contribution in [0, 0.1) is 11.8 Å². The molecular formula is C12H20O3. The summed E-state index contributed by atoms with van der Waals surface area (Å²) < 4.78 is 11.0. The predicted molar refractivity (Wildman–Crippen MR) is 56.7 cm³/mol. The minimum Gasteiger partial charge on any atom is -0.376 e. The van der Waals surface area contributed by atoms with Crippen molar-refractivity contribution < 1.29 is 14.3 Å². The van der Waals surface area contributed by atoms with Crippen molar-refractivity contribution in [2.75, 3.05) is 13.2 Å². The van der Waals surface area contributed by atoms with Gasteiger partial charge in [-0.2, -0.15) is 0 Å². The number of ketones is 1. The summed E-state index contributed by atoms with van der Waals surface area (Å²) in [5.74, 6) is 1.50. The van der Waals surface area contributed by atoms with Gasteiger partial charge in [-0.25, -0.2) is 0 Å². The van der Waals surface area contributed by atoms with Gasteiger partial charge in [0.15, 0.2) is 0 Å². The summed E-state index contributed by atoms with van der Waals surface area (Å²) in [5.41, 5.74) is 0. The predicted octanol–water partition coefficient (Wildman–Crippen LogP) is 1.80. The zero-order valence-electron chi connectivity index (χ0n) is 9.57. The molecule has 0 spiro atoms. The van der Waals surface area contributed by atoms with Crippen LogP contribution in [-0.2, 0) is 14.3 Å². The summed E-state index contributed by atoms with van der Waals surface area (Å²) in [7, 11) is 0. The van der Waals surface area contributed by atoms with Crippen LogP contribution in [0.3, 0.4) is 0 Å². The number of hydrogen-bond donors (Lipinski definition) is 0. The Bertz CT molecular complexity index is 233. The first-order valence-electron chi connectivity index (χ1n) is 5.91. The van der Waals surface area contributed by atoms with E-state index < -0.39 is 0 Å². The lowest BCUT2D eigenvalue weighted by Crippen LogP contribution is -2.44. The first-order valence-corrected chi connectivity index (χ1v) is 5.91. The first kappa shape index (κ1) is 11.1. The molecule has 1 heterocycles. The highest BCUT2D eigenvalue weighted by atomic mass is 16.6. The highest BCUT2D eigenvalue weighted by molar-refractivity contribution is 5.79. The lowest BCUT2D eigenvalue weighted by atomic mass is 9.79. The van der Waals surface area contributed by atoms with E-state index in [1.54, 1.807) is 0 Å². The van der Waals surface area contributed by atoms with Crippen LogP contribution in [0.4, 0.5) is 0 Å². The molecule has 1 aliphatic carbocycles. The molecular weight excluding hydrogens is 192 g/mol. The lowest BCUT2D eigenvalue weighted by Gasteiger charge is -2.38. The monoisotopic (exact) mass is 212 g/mol. The fraction of sp³-hybridized carbons (Fsp3) is 0.917. The summed E-state index contributed by atoms with van der Waals surface area (Å²) >= 11 is 0. The third-order valence-corrected chi connectivity index (χ3v) is 3.49. The lowest BCUT2D eigenvalue weighted by molar-refractivity contribution is -0.177. The van der Waals surface area contributed by atoms with Gasteiger partial charge in [0.05, 0.1) is 19.3 Å². The van der Waals surface area contributed by atoms with Gasteiger partial charge in [-0.1, -0.05) is 13.8 Å². The number of Topliss-reactive ketones (excluding diaryl/α,β-unsaturated/α-hetero) is 1. The highest BCUT2D eigenvalue weighted by Crippen LogP contribution is 2.32. The second-order valence-corrected chi connectivity index (χ2v) is 5.02. The van der Waals surface area contributed by atoms with Crippen molar-refractivity contribution in [3.8, 4) is 0 Å². The summed E-state index contributed by atoms with van der Waals surface area (Å²) in [6, 6.07) is 0. The molecule has 2 atom stereocenters. The second-order valence-electron chi connectivity index (χ2n) is 5.02. The van der Waals surface area contributed by atoms with E-state index in [-0.39, 0.29) is 12.2 Å². The molecule has 0 aromatic heterocycles. The molecule has 0 radical (unpaired) electrons. The number of rotatable bonds is 3. The van der Waals surface area contributed by atoms with Gasteiger partial charge in [0.25, 0.3) is 0 Å². The van der Waals surface area contributed by atoms with E-state index in [1.807, 2.05) is 0 Å². The molecule has 0 aromatic rings. The van der Waals surface area contributed by atoms with Gasteiger partial charge < -0.3 is 9.47 Å². The zero-order valence-corrected chi connectivity index (χ0v) is 9.57. The van der Waals surface area contributed by atoms with Crippen LogP contribution in [0.1, 0.15) is 33.1 Å². The molecule has 86 valence electrons. The molecule has 1 saturated heterocycles. The van der Waals surface area contributed by atoms with Gasteiger partial charge >= 0.3 is 0 Å². The van der Waals surface area contributed by atoms with Crippen LogP contribution in [-0.4, -0.2) is 31.2 Å². The third-order valence-electron chi connectivity index (χ3n) is 3.49. The van der Waals surface area contributed by atoms with Crippen molar-refractivity contribution in [2.24, 2.45) is 11.8 Å². The van der Waals surface area contributed by atoms with Crippen LogP contribution in [0.2, 0.25) is 0 Å². The number of hydrogen-bond acceptors (Lipinski definition) is 3. The molecule has 0 amide bonds. The van der Waals surface area contributed by atoms with Crippen molar-refractivity contribution >= 4 is 5.78 Å². The van der Waals surface area contributed by atoms with Crippen LogP contribution >= 0.6 is 0 Å². The standard InChI is InChI=1S/C12H20O3/c1-8(2)11-4-3-9(13)5-12(11)15-10-6-14-7-10/h8,10-12H,3-7H2,1-2H3. The molecule has 2 unspecified atom stereocenters. The van der Waals surface area contributed by atoms with E-state index in [1.165, 1.54) is 0 Å². The summed E-state index contributed by atoms with van der Waals surface area (Å²) in [5, 5.41) is 0. The SMILES string of the molecule is CC(C)C1CCC(=O)CC1OC1COC1. The van der Waals surface area contributed by atoms with Crippen LogP contribution in [0.25, 0.3) is 0 Å². The average molecular weight is 212 g/mol. The van der Waals surface area contributed by atoms with E-state index in [0.29, 0.717) is 37.3 Å². The number of carbonyl (C=O) groups is 1. The van der Waals surface area contributed by atoms with Gasteiger partial charge in [0.1, 0.15) is 11.9 Å². The molecule has 0 aromatic carbocycles. The average Bonchev–Trinajstić information content (AvgIpc) is 2.11. The van der Waals surface area contributed by atoms with E-state index in [0.717, 1.165) is 12.8 Å². The van der Waals surface area contributed by atoms with Crippen LogP contribution in [0.5, 0.6) is 0 Å². The Morgan fingerprint density at radius 3 is 2.67 bits per heavy atom. The number of carbonyl (C=O) groups excluding carboxylic acids is 1. The van der Waals surface area contributed by atoms with E-state index in [4.69, 9.17) is 9.47 Å². The summed E-state index contributed by atoms with van der Waals surface area (Å²) in [6.07, 6.45) is 2.72. The Kier molecular flexibility index (Phi) is 3.42. The molecule has 1 saturated carbocycles. The largest absolute Gasteiger partial charge is 0.376 e. The number of ether oxygens (including phenoxy) is 2. The Morgan fingerprint density at radius 2 is 2.13 bits per heavy atom. The van der Waals surface area contributed by atoms with Gasteiger partial charge in [0.2, 0.25) is 0 Å². The highest BCUT2D eigenvalue weighted by Gasteiger charge is 2.35. The third kappa shape index (κ3) is 2.58. The molecule has 3 nitrogen and oxygen atoms in total. The molecule has 3 heteroatoms. The van der Waals surface area contributed by atoms with Gasteiger partial charge in [-0.05, 0) is 18.3 Å². The quantitative estimate of drug-likeness (QED) is 0.715. The minimum atomic E-state index is 0.139. The van der Waals surface area contributed by atoms with Crippen molar-refractivity contribution in [1.29, 1.82) is 0 Å². The summed E-state index contributed by atoms with van der Waals surface area (Å²) in [4.78, 5) is 11.4. The van der Waals surface area contributed by atoms with Crippen LogP contribution < -0.4 is 0 Å². The van der Waals surface area contributed by atoms with Crippen molar-refractivity contribution in [3.63, 3.8) is 0 Å². The first-order chi connectivity index (χ1) is 7.16. The zero-order chi connectivity index (χ0) is 10.8. The molecule has 2 aliphatic rings. The molecule has 1 aliphatic heterocycles. The fourth-order valence-electron chi connectivity index (χ4n) is 2.44. The minimum absolute atomic E-state index is 0.139. The molecule has 2 fully saturated rings. The molecule has 0 bridgehead atoms. The van der Waals surface area contributed by atoms with E-state index in [2.05, 4.69) is 13.8 Å². The van der Waals surface area contributed by atoms with Gasteiger partial charge in [-0.15, -0.1) is 0 Å². The van der Waals surface area contributed by atoms with E-state index >= 15 is 0 Å². The Balaban J connectivity index is 1.92. The van der Waals surface area contributed by atoms with Crippen LogP contribution in [0.15, 0.2) is 0 Å². The fourth-order valence-corrected chi connectivity index (χ4v) is 2.44. The van der Waals surface area contributed by atoms with Crippen molar-refractivity contribution in [1.82, 2.24) is 0 Å². The van der Waals surface area contributed by atoms with E-state index in [9.17, 15) is 4.79 Å². The van der Waals surface area contributed by atoms with Gasteiger partial charge in [-0.3, -0.25) is 4.79 Å². The Labute approximate surface area is 91.1 Å².